The molecule has 0 radical (unpaired) electrons. The van der Waals surface area contributed by atoms with Crippen LogP contribution in [0.3, 0.4) is 0 Å². The number of benzene rings is 1. The fraction of sp³-hybridized carbons (Fsp3) is 0.650. The molecule has 1 aliphatic carbocycles. The summed E-state index contributed by atoms with van der Waals surface area (Å²) < 4.78 is 33.6. The van der Waals surface area contributed by atoms with Crippen LogP contribution in [0.15, 0.2) is 29.2 Å². The van der Waals surface area contributed by atoms with Gasteiger partial charge in [0, 0.05) is 24.7 Å². The maximum Gasteiger partial charge on any atom is 0.254 e. The molecule has 0 N–H and O–H groups in total. The number of rotatable bonds is 3. The topological polar surface area (TPSA) is 66.9 Å². The highest BCUT2D eigenvalue weighted by atomic mass is 32.2. The highest BCUT2D eigenvalue weighted by molar-refractivity contribution is 7.89. The van der Waals surface area contributed by atoms with Crippen LogP contribution in [0.1, 0.15) is 55.8 Å². The van der Waals surface area contributed by atoms with Crippen LogP contribution in [0.4, 0.5) is 0 Å². The lowest BCUT2D eigenvalue weighted by atomic mass is 9.79. The second-order valence-corrected chi connectivity index (χ2v) is 9.99. The largest absolute Gasteiger partial charge is 0.371 e. The van der Waals surface area contributed by atoms with Gasteiger partial charge in [0.15, 0.2) is 0 Å². The smallest absolute Gasteiger partial charge is 0.254 e. The van der Waals surface area contributed by atoms with Gasteiger partial charge < -0.3 is 9.64 Å². The van der Waals surface area contributed by atoms with Gasteiger partial charge in [-0.1, -0.05) is 12.5 Å². The van der Waals surface area contributed by atoms with Gasteiger partial charge in [0.25, 0.3) is 5.91 Å². The number of carbonyl (C=O) groups is 1. The molecule has 148 valence electrons. The van der Waals surface area contributed by atoms with E-state index in [2.05, 4.69) is 0 Å². The summed E-state index contributed by atoms with van der Waals surface area (Å²) in [6.07, 6.45) is 5.97. The molecule has 1 unspecified atom stereocenters. The molecule has 27 heavy (non-hydrogen) atoms. The Bertz CT molecular complexity index is 819. The van der Waals surface area contributed by atoms with Gasteiger partial charge >= 0.3 is 0 Å². The van der Waals surface area contributed by atoms with Crippen molar-refractivity contribution in [3.63, 3.8) is 0 Å². The third-order valence-electron chi connectivity index (χ3n) is 6.23. The van der Waals surface area contributed by atoms with E-state index in [0.29, 0.717) is 31.8 Å². The Hall–Kier alpha value is -1.44. The minimum absolute atomic E-state index is 0.000765. The summed E-state index contributed by atoms with van der Waals surface area (Å²) in [6.45, 7) is 4.22. The van der Waals surface area contributed by atoms with Gasteiger partial charge in [0.2, 0.25) is 10.0 Å². The predicted octanol–water partition coefficient (Wildman–Crippen LogP) is 2.64. The molecule has 7 heteroatoms. The second kappa shape index (κ2) is 7.18. The van der Waals surface area contributed by atoms with Crippen molar-refractivity contribution in [2.75, 3.05) is 26.2 Å². The molecule has 4 rings (SSSR count). The number of morpholine rings is 1. The quantitative estimate of drug-likeness (QED) is 0.793. The number of piperidine rings is 1. The normalized spacial score (nSPS) is 26.0. The lowest BCUT2D eigenvalue weighted by Crippen LogP contribution is -2.57. The summed E-state index contributed by atoms with van der Waals surface area (Å²) in [5.41, 5.74) is 0.276. The summed E-state index contributed by atoms with van der Waals surface area (Å²) in [5.74, 6) is -0.103. The third kappa shape index (κ3) is 3.52. The SMILES string of the molecule is CC1CCCCN1S(=O)(=O)c1cccc(C(=O)N2CCOC3(CCC3)C2)c1. The fourth-order valence-electron chi connectivity index (χ4n) is 4.43. The van der Waals surface area contributed by atoms with Crippen LogP contribution in [0.5, 0.6) is 0 Å². The van der Waals surface area contributed by atoms with Gasteiger partial charge in [-0.3, -0.25) is 4.79 Å². The van der Waals surface area contributed by atoms with Crippen LogP contribution < -0.4 is 0 Å². The zero-order valence-electron chi connectivity index (χ0n) is 15.9. The molecule has 1 aromatic carbocycles. The minimum atomic E-state index is -3.58. The zero-order valence-corrected chi connectivity index (χ0v) is 16.7. The van der Waals surface area contributed by atoms with Crippen molar-refractivity contribution in [1.29, 1.82) is 0 Å². The van der Waals surface area contributed by atoms with Crippen molar-refractivity contribution < 1.29 is 17.9 Å². The molecule has 0 aromatic heterocycles. The highest BCUT2D eigenvalue weighted by Crippen LogP contribution is 2.38. The first kappa shape index (κ1) is 18.9. The highest BCUT2D eigenvalue weighted by Gasteiger charge is 2.43. The van der Waals surface area contributed by atoms with Crippen LogP contribution in [0, 0.1) is 0 Å². The van der Waals surface area contributed by atoms with E-state index in [9.17, 15) is 13.2 Å². The first-order valence-electron chi connectivity index (χ1n) is 9.97. The van der Waals surface area contributed by atoms with Crippen LogP contribution in [0.2, 0.25) is 0 Å². The molecule has 3 fully saturated rings. The van der Waals surface area contributed by atoms with E-state index in [4.69, 9.17) is 4.74 Å². The van der Waals surface area contributed by atoms with Crippen molar-refractivity contribution >= 4 is 15.9 Å². The summed E-state index contributed by atoms with van der Waals surface area (Å²) in [5, 5.41) is 0. The Labute approximate surface area is 161 Å². The van der Waals surface area contributed by atoms with Crippen LogP contribution in [-0.2, 0) is 14.8 Å². The minimum Gasteiger partial charge on any atom is -0.371 e. The van der Waals surface area contributed by atoms with Gasteiger partial charge in [0.05, 0.1) is 23.6 Å². The van der Waals surface area contributed by atoms with Gasteiger partial charge in [0.1, 0.15) is 0 Å². The van der Waals surface area contributed by atoms with Crippen molar-refractivity contribution in [3.8, 4) is 0 Å². The summed E-state index contributed by atoms with van der Waals surface area (Å²) >= 11 is 0. The molecular weight excluding hydrogens is 364 g/mol. The number of nitrogens with zero attached hydrogens (tertiary/aromatic N) is 2. The maximum atomic E-state index is 13.1. The number of sulfonamides is 1. The summed E-state index contributed by atoms with van der Waals surface area (Å²) in [4.78, 5) is 15.0. The van der Waals surface area contributed by atoms with Crippen molar-refractivity contribution in [1.82, 2.24) is 9.21 Å². The van der Waals surface area contributed by atoms with E-state index in [-0.39, 0.29) is 22.4 Å². The first-order valence-corrected chi connectivity index (χ1v) is 11.4. The molecule has 0 bridgehead atoms. The van der Waals surface area contributed by atoms with Crippen molar-refractivity contribution in [2.45, 2.75) is 62.0 Å². The number of amides is 1. The van der Waals surface area contributed by atoms with Crippen LogP contribution >= 0.6 is 0 Å². The summed E-state index contributed by atoms with van der Waals surface area (Å²) in [6, 6.07) is 6.53. The number of carbonyl (C=O) groups excluding carboxylic acids is 1. The molecule has 1 saturated carbocycles. The molecule has 1 spiro atoms. The van der Waals surface area contributed by atoms with Gasteiger partial charge in [-0.05, 0) is 57.2 Å². The van der Waals surface area contributed by atoms with E-state index in [1.54, 1.807) is 28.6 Å². The Morgan fingerprint density at radius 2 is 2.00 bits per heavy atom. The van der Waals surface area contributed by atoms with Crippen molar-refractivity contribution in [2.24, 2.45) is 0 Å². The molecule has 1 aromatic rings. The van der Waals surface area contributed by atoms with Crippen LogP contribution in [-0.4, -0.2) is 61.4 Å². The number of hydrogen-bond donors (Lipinski definition) is 0. The second-order valence-electron chi connectivity index (χ2n) is 8.10. The standard InChI is InChI=1S/C20H28N2O4S/c1-16-6-2-3-11-22(16)27(24,25)18-8-4-7-17(14-18)19(23)21-12-13-26-20(15-21)9-5-10-20/h4,7-8,14,16H,2-3,5-6,9-13,15H2,1H3. The van der Waals surface area contributed by atoms with Gasteiger partial charge in [-0.25, -0.2) is 8.42 Å². The monoisotopic (exact) mass is 392 g/mol. The first-order chi connectivity index (χ1) is 12.9. The number of hydrogen-bond acceptors (Lipinski definition) is 4. The number of ether oxygens (including phenoxy) is 1. The van der Waals surface area contributed by atoms with Crippen LogP contribution in [0.25, 0.3) is 0 Å². The lowest BCUT2D eigenvalue weighted by molar-refractivity contribution is -0.142. The molecule has 2 aliphatic heterocycles. The van der Waals surface area contributed by atoms with Gasteiger partial charge in [-0.2, -0.15) is 4.31 Å². The average Bonchev–Trinajstić information content (AvgIpc) is 2.66. The maximum absolute atomic E-state index is 13.1. The Kier molecular flexibility index (Phi) is 5.03. The van der Waals surface area contributed by atoms with Gasteiger partial charge in [-0.15, -0.1) is 0 Å². The van der Waals surface area contributed by atoms with E-state index in [1.807, 2.05) is 11.8 Å². The molecule has 3 aliphatic rings. The molecule has 2 heterocycles. The Balaban J connectivity index is 1.56. The van der Waals surface area contributed by atoms with E-state index in [0.717, 1.165) is 38.5 Å². The molecular formula is C20H28N2O4S. The average molecular weight is 393 g/mol. The predicted molar refractivity (Wildman–Crippen MR) is 102 cm³/mol. The summed E-state index contributed by atoms with van der Waals surface area (Å²) in [7, 11) is -3.58. The lowest BCUT2D eigenvalue weighted by Gasteiger charge is -2.48. The van der Waals surface area contributed by atoms with E-state index < -0.39 is 10.0 Å². The fourth-order valence-corrected chi connectivity index (χ4v) is 6.17. The third-order valence-corrected chi connectivity index (χ3v) is 8.24. The molecule has 1 amide bonds. The molecule has 2 saturated heterocycles. The molecule has 6 nitrogen and oxygen atoms in total. The van der Waals surface area contributed by atoms with E-state index >= 15 is 0 Å². The Morgan fingerprint density at radius 3 is 2.70 bits per heavy atom. The zero-order chi connectivity index (χ0) is 19.1. The van der Waals surface area contributed by atoms with Crippen molar-refractivity contribution in [3.05, 3.63) is 29.8 Å². The van der Waals surface area contributed by atoms with E-state index in [1.165, 1.54) is 0 Å². The molecule has 1 atom stereocenters. The Morgan fingerprint density at radius 1 is 1.19 bits per heavy atom.